The standard InChI is InChI=1S/C27H34N4O5/c1-19-16-20(9-11-23(19)34-15-5-13-28-17-25(32)33)10-12-24-30-27(36-31-24)22-8-4-14-29-26(22)35-18-21-6-2-3-7-21/h4,8-9,11,14,16,21,28H,2-3,5-7,10,12-13,15,17-18H2,1H3,(H,32,33). The molecular weight excluding hydrogens is 460 g/mol. The molecule has 3 aromatic rings. The summed E-state index contributed by atoms with van der Waals surface area (Å²) in [7, 11) is 0. The van der Waals surface area contributed by atoms with E-state index in [0.717, 1.165) is 35.3 Å². The van der Waals surface area contributed by atoms with Gasteiger partial charge in [0.1, 0.15) is 11.3 Å². The van der Waals surface area contributed by atoms with Crippen molar-refractivity contribution in [2.75, 3.05) is 26.3 Å². The average molecular weight is 495 g/mol. The number of rotatable bonds is 14. The number of carboxylic acids is 1. The Kier molecular flexibility index (Phi) is 9.27. The predicted octanol–water partition coefficient (Wildman–Crippen LogP) is 4.24. The lowest BCUT2D eigenvalue weighted by atomic mass is 10.1. The van der Waals surface area contributed by atoms with Gasteiger partial charge >= 0.3 is 5.97 Å². The van der Waals surface area contributed by atoms with Crippen molar-refractivity contribution in [2.24, 2.45) is 5.92 Å². The van der Waals surface area contributed by atoms with Gasteiger partial charge in [-0.3, -0.25) is 4.79 Å². The molecule has 2 heterocycles. The topological polar surface area (TPSA) is 120 Å². The molecule has 1 aliphatic carbocycles. The van der Waals surface area contributed by atoms with Gasteiger partial charge in [0, 0.05) is 12.6 Å². The summed E-state index contributed by atoms with van der Waals surface area (Å²) in [5.41, 5.74) is 2.94. The fourth-order valence-electron chi connectivity index (χ4n) is 4.37. The molecule has 0 aliphatic heterocycles. The van der Waals surface area contributed by atoms with E-state index in [1.54, 1.807) is 6.20 Å². The van der Waals surface area contributed by atoms with Gasteiger partial charge in [-0.25, -0.2) is 4.98 Å². The normalized spacial score (nSPS) is 13.7. The van der Waals surface area contributed by atoms with Gasteiger partial charge < -0.3 is 24.4 Å². The van der Waals surface area contributed by atoms with Crippen molar-refractivity contribution < 1.29 is 23.9 Å². The highest BCUT2D eigenvalue weighted by Gasteiger charge is 2.19. The van der Waals surface area contributed by atoms with Gasteiger partial charge in [0.25, 0.3) is 5.89 Å². The molecule has 1 aromatic carbocycles. The molecule has 0 amide bonds. The van der Waals surface area contributed by atoms with Crippen molar-refractivity contribution in [3.8, 4) is 23.1 Å². The largest absolute Gasteiger partial charge is 0.493 e. The summed E-state index contributed by atoms with van der Waals surface area (Å²) in [6.45, 7) is 3.78. The summed E-state index contributed by atoms with van der Waals surface area (Å²) in [6, 6.07) is 9.87. The number of carbonyl (C=O) groups is 1. The van der Waals surface area contributed by atoms with Crippen molar-refractivity contribution in [2.45, 2.75) is 51.9 Å². The quantitative estimate of drug-likeness (QED) is 0.317. The molecule has 4 rings (SSSR count). The fourth-order valence-corrected chi connectivity index (χ4v) is 4.37. The summed E-state index contributed by atoms with van der Waals surface area (Å²) in [4.78, 5) is 19.5. The Morgan fingerprint density at radius 1 is 1.19 bits per heavy atom. The molecular formula is C27H34N4O5. The number of benzene rings is 1. The number of hydrogen-bond donors (Lipinski definition) is 2. The van der Waals surface area contributed by atoms with Crippen molar-refractivity contribution in [3.63, 3.8) is 0 Å². The minimum Gasteiger partial charge on any atom is -0.493 e. The molecule has 9 heteroatoms. The van der Waals surface area contributed by atoms with Crippen LogP contribution in [0.15, 0.2) is 41.1 Å². The second kappa shape index (κ2) is 13.0. The molecule has 1 fully saturated rings. The van der Waals surface area contributed by atoms with Crippen molar-refractivity contribution >= 4 is 5.97 Å². The van der Waals surface area contributed by atoms with E-state index in [0.29, 0.717) is 49.7 Å². The van der Waals surface area contributed by atoms with Crippen molar-refractivity contribution in [3.05, 3.63) is 53.5 Å². The zero-order valence-electron chi connectivity index (χ0n) is 20.7. The van der Waals surface area contributed by atoms with Crippen molar-refractivity contribution in [1.82, 2.24) is 20.4 Å². The number of carboxylic acid groups (broad SMARTS) is 1. The zero-order valence-corrected chi connectivity index (χ0v) is 20.7. The van der Waals surface area contributed by atoms with Gasteiger partial charge in [-0.15, -0.1) is 0 Å². The second-order valence-corrected chi connectivity index (χ2v) is 9.21. The maximum Gasteiger partial charge on any atom is 0.317 e. The highest BCUT2D eigenvalue weighted by Crippen LogP contribution is 2.30. The van der Waals surface area contributed by atoms with E-state index in [1.165, 1.54) is 25.7 Å². The summed E-state index contributed by atoms with van der Waals surface area (Å²) in [5.74, 6) is 2.19. The van der Waals surface area contributed by atoms with Crippen LogP contribution in [-0.4, -0.2) is 52.5 Å². The predicted molar refractivity (Wildman–Crippen MR) is 134 cm³/mol. The van der Waals surface area contributed by atoms with E-state index in [1.807, 2.05) is 31.2 Å². The van der Waals surface area contributed by atoms with E-state index < -0.39 is 5.97 Å². The monoisotopic (exact) mass is 494 g/mol. The molecule has 0 bridgehead atoms. The smallest absolute Gasteiger partial charge is 0.317 e. The van der Waals surface area contributed by atoms with Crippen LogP contribution in [0.2, 0.25) is 0 Å². The Balaban J connectivity index is 1.27. The summed E-state index contributed by atoms with van der Waals surface area (Å²) in [5, 5.41) is 15.6. The van der Waals surface area contributed by atoms with E-state index in [-0.39, 0.29) is 6.54 Å². The molecule has 1 aliphatic rings. The Bertz CT molecular complexity index is 1130. The first kappa shape index (κ1) is 25.6. The van der Waals surface area contributed by atoms with E-state index in [2.05, 4.69) is 26.5 Å². The van der Waals surface area contributed by atoms with Crippen LogP contribution in [0.4, 0.5) is 0 Å². The lowest BCUT2D eigenvalue weighted by Crippen LogP contribution is -2.24. The maximum atomic E-state index is 10.5. The van der Waals surface area contributed by atoms with Crippen LogP contribution >= 0.6 is 0 Å². The molecule has 0 atom stereocenters. The van der Waals surface area contributed by atoms with E-state index in [4.69, 9.17) is 19.1 Å². The maximum absolute atomic E-state index is 10.5. The Hall–Kier alpha value is -3.46. The molecule has 0 unspecified atom stereocenters. The van der Waals surface area contributed by atoms with Gasteiger partial charge in [0.2, 0.25) is 5.88 Å². The van der Waals surface area contributed by atoms with Gasteiger partial charge in [-0.1, -0.05) is 30.1 Å². The molecule has 2 N–H and O–H groups in total. The molecule has 1 saturated carbocycles. The lowest BCUT2D eigenvalue weighted by Gasteiger charge is -2.11. The van der Waals surface area contributed by atoms with Crippen LogP contribution in [0.5, 0.6) is 11.6 Å². The highest BCUT2D eigenvalue weighted by molar-refractivity contribution is 5.68. The lowest BCUT2D eigenvalue weighted by molar-refractivity contribution is -0.135. The number of nitrogens with one attached hydrogen (secondary N) is 1. The summed E-state index contributed by atoms with van der Waals surface area (Å²) in [6.07, 6.45) is 8.86. The molecule has 2 aromatic heterocycles. The van der Waals surface area contributed by atoms with Gasteiger partial charge in [0.05, 0.1) is 19.8 Å². The van der Waals surface area contributed by atoms with Crippen LogP contribution in [0.25, 0.3) is 11.5 Å². The van der Waals surface area contributed by atoms with Crippen LogP contribution in [0, 0.1) is 12.8 Å². The zero-order chi connectivity index (χ0) is 25.2. The Morgan fingerprint density at radius 2 is 2.06 bits per heavy atom. The number of ether oxygens (including phenoxy) is 2. The number of hydrogen-bond acceptors (Lipinski definition) is 8. The molecule has 9 nitrogen and oxygen atoms in total. The van der Waals surface area contributed by atoms with E-state index in [9.17, 15) is 4.79 Å². The molecule has 0 saturated heterocycles. The Morgan fingerprint density at radius 3 is 2.86 bits per heavy atom. The number of pyridine rings is 1. The fraction of sp³-hybridized carbons (Fsp3) is 0.481. The molecule has 0 spiro atoms. The highest BCUT2D eigenvalue weighted by atomic mass is 16.5. The van der Waals surface area contributed by atoms with Gasteiger partial charge in [-0.05, 0) is 74.4 Å². The average Bonchev–Trinajstić information content (AvgIpc) is 3.57. The van der Waals surface area contributed by atoms with E-state index >= 15 is 0 Å². The van der Waals surface area contributed by atoms with Crippen LogP contribution < -0.4 is 14.8 Å². The third-order valence-corrected chi connectivity index (χ3v) is 6.31. The van der Waals surface area contributed by atoms with Gasteiger partial charge in [0.15, 0.2) is 5.82 Å². The second-order valence-electron chi connectivity index (χ2n) is 9.21. The van der Waals surface area contributed by atoms with Crippen LogP contribution in [-0.2, 0) is 17.6 Å². The molecule has 0 radical (unpaired) electrons. The van der Waals surface area contributed by atoms with Crippen molar-refractivity contribution in [1.29, 1.82) is 0 Å². The minimum absolute atomic E-state index is 0.0345. The first-order valence-electron chi connectivity index (χ1n) is 12.6. The minimum atomic E-state index is -0.857. The molecule has 192 valence electrons. The van der Waals surface area contributed by atoms with Crippen LogP contribution in [0.1, 0.15) is 49.1 Å². The first-order valence-corrected chi connectivity index (χ1v) is 12.6. The third kappa shape index (κ3) is 7.52. The molecule has 36 heavy (non-hydrogen) atoms. The van der Waals surface area contributed by atoms with Gasteiger partial charge in [-0.2, -0.15) is 4.98 Å². The summed E-state index contributed by atoms with van der Waals surface area (Å²) >= 11 is 0. The number of aromatic nitrogens is 3. The van der Waals surface area contributed by atoms with Crippen LogP contribution in [0.3, 0.4) is 0 Å². The Labute approximate surface area is 211 Å². The SMILES string of the molecule is Cc1cc(CCc2noc(-c3cccnc3OCC3CCCC3)n2)ccc1OCCCNCC(=O)O. The number of aliphatic carboxylic acids is 1. The first-order chi connectivity index (χ1) is 17.6. The summed E-state index contributed by atoms with van der Waals surface area (Å²) < 4.78 is 17.4. The number of nitrogens with zero attached hydrogens (tertiary/aromatic N) is 3. The third-order valence-electron chi connectivity index (χ3n) is 6.31. The number of aryl methyl sites for hydroxylation is 3.